The number of aliphatic hydroxyl groups excluding tert-OH is 1. The number of ether oxygens (including phenoxy) is 1. The van der Waals surface area contributed by atoms with Crippen LogP contribution in [0.25, 0.3) is 10.5 Å². The van der Waals surface area contributed by atoms with E-state index in [-0.39, 0.29) is 18.1 Å². The van der Waals surface area contributed by atoms with Gasteiger partial charge in [-0.25, -0.2) is 0 Å². The monoisotopic (exact) mass is 245 g/mol. The van der Waals surface area contributed by atoms with E-state index in [0.717, 1.165) is 16.7 Å². The third-order valence-electron chi connectivity index (χ3n) is 2.48. The quantitative estimate of drug-likeness (QED) is 0.632. The number of hydrogen-bond acceptors (Lipinski definition) is 3. The maximum absolute atomic E-state index is 9.58. The summed E-state index contributed by atoms with van der Waals surface area (Å²) in [5.41, 5.74) is 2.91. The van der Waals surface area contributed by atoms with Crippen molar-refractivity contribution in [2.75, 3.05) is 6.61 Å². The third kappa shape index (κ3) is 3.36. The fraction of sp³-hybridized carbons (Fsp3) is 0.286. The second kappa shape index (κ2) is 6.45. The summed E-state index contributed by atoms with van der Waals surface area (Å²) < 4.78 is 4.93. The fourth-order valence-electron chi connectivity index (χ4n) is 1.64. The van der Waals surface area contributed by atoms with Gasteiger partial charge in [-0.3, -0.25) is 0 Å². The van der Waals surface area contributed by atoms with Gasteiger partial charge in [-0.15, -0.1) is 0 Å². The number of rotatable bonds is 5. The Morgan fingerprint density at radius 1 is 1.44 bits per heavy atom. The lowest BCUT2D eigenvalue weighted by molar-refractivity contribution is 0.0982. The van der Waals surface area contributed by atoms with Crippen LogP contribution in [-0.4, -0.2) is 11.7 Å². The van der Waals surface area contributed by atoms with Gasteiger partial charge in [-0.1, -0.05) is 36.4 Å². The Hall–Kier alpha value is -2.28. The highest BCUT2D eigenvalue weighted by Crippen LogP contribution is 2.21. The molecule has 0 aliphatic carbocycles. The Balaban J connectivity index is 3.07. The summed E-state index contributed by atoms with van der Waals surface area (Å²) >= 11 is 0. The van der Waals surface area contributed by atoms with Gasteiger partial charge >= 0.3 is 11.6 Å². The number of diazo groups is 1. The molecule has 0 fully saturated rings. The smallest absolute Gasteiger partial charge is 0.444 e. The molecule has 0 bridgehead atoms. The molecule has 0 atom stereocenters. The third-order valence-corrected chi connectivity index (χ3v) is 2.48. The van der Waals surface area contributed by atoms with Crippen LogP contribution in [0.3, 0.4) is 0 Å². The van der Waals surface area contributed by atoms with Crippen molar-refractivity contribution < 1.29 is 9.84 Å². The van der Waals surface area contributed by atoms with Crippen LogP contribution in [0.1, 0.15) is 25.0 Å². The van der Waals surface area contributed by atoms with Crippen LogP contribution in [0.2, 0.25) is 0 Å². The van der Waals surface area contributed by atoms with Crippen LogP contribution in [0.5, 0.6) is 0 Å². The van der Waals surface area contributed by atoms with E-state index >= 15 is 0 Å². The maximum atomic E-state index is 9.58. The van der Waals surface area contributed by atoms with Gasteiger partial charge in [0.2, 0.25) is 5.39 Å². The van der Waals surface area contributed by atoms with E-state index in [1.165, 1.54) is 0 Å². The topological polar surface area (TPSA) is 57.6 Å². The molecule has 1 rings (SSSR count). The molecule has 1 aromatic carbocycles. The normalized spacial score (nSPS) is 11.4. The zero-order valence-corrected chi connectivity index (χ0v) is 10.7. The first-order chi connectivity index (χ1) is 8.60. The van der Waals surface area contributed by atoms with E-state index in [9.17, 15) is 5.11 Å². The van der Waals surface area contributed by atoms with Crippen LogP contribution < -0.4 is 0 Å². The highest BCUT2D eigenvalue weighted by Gasteiger charge is 2.22. The summed E-state index contributed by atoms with van der Waals surface area (Å²) in [5, 5.41) is 18.5. The Morgan fingerprint density at radius 3 is 2.67 bits per heavy atom. The molecule has 0 saturated heterocycles. The van der Waals surface area contributed by atoms with Crippen molar-refractivity contribution in [1.29, 1.82) is 5.39 Å². The van der Waals surface area contributed by atoms with Crippen molar-refractivity contribution in [1.82, 2.24) is 0 Å². The first-order valence-electron chi connectivity index (χ1n) is 5.74. The molecule has 4 nitrogen and oxygen atoms in total. The van der Waals surface area contributed by atoms with Crippen molar-refractivity contribution >= 4 is 5.57 Å². The SMILES string of the molecule is C=C(C)c1ccccc1C/C([N+]#N)=C(/O)OCC. The van der Waals surface area contributed by atoms with E-state index in [1.807, 2.05) is 31.2 Å². The van der Waals surface area contributed by atoms with Crippen molar-refractivity contribution in [3.63, 3.8) is 0 Å². The standard InChI is InChI=1S/C14H16N2O2/c1-4-18-14(17)13(16-15)9-11-7-5-6-8-12(11)10(2)3/h5-8H,2,4,9H2,1,3H3/p+1/b14-13+. The fourth-order valence-corrected chi connectivity index (χ4v) is 1.64. The Bertz CT molecular complexity index is 513. The van der Waals surface area contributed by atoms with E-state index in [0.29, 0.717) is 6.61 Å². The molecule has 0 spiro atoms. The lowest BCUT2D eigenvalue weighted by Gasteiger charge is -2.05. The Kier molecular flexibility index (Phi) is 4.94. The summed E-state index contributed by atoms with van der Waals surface area (Å²) in [4.78, 5) is 3.08. The van der Waals surface area contributed by atoms with Gasteiger partial charge in [0, 0.05) is 0 Å². The number of aliphatic hydroxyl groups is 1. The number of hydrogen-bond donors (Lipinski definition) is 1. The first kappa shape index (κ1) is 13.8. The second-order valence-corrected chi connectivity index (χ2v) is 3.90. The van der Waals surface area contributed by atoms with E-state index in [1.54, 1.807) is 6.92 Å². The minimum absolute atomic E-state index is 0.102. The molecular weight excluding hydrogens is 228 g/mol. The van der Waals surface area contributed by atoms with Gasteiger partial charge in [0.05, 0.1) is 13.0 Å². The van der Waals surface area contributed by atoms with Crippen molar-refractivity contribution in [3.05, 3.63) is 58.6 Å². The zero-order chi connectivity index (χ0) is 13.5. The molecular formula is C14H17N2O2+. The molecule has 0 heterocycles. The van der Waals surface area contributed by atoms with Crippen LogP contribution >= 0.6 is 0 Å². The highest BCUT2D eigenvalue weighted by molar-refractivity contribution is 5.65. The minimum atomic E-state index is -0.350. The lowest BCUT2D eigenvalue weighted by atomic mass is 9.99. The van der Waals surface area contributed by atoms with Crippen LogP contribution in [0.4, 0.5) is 0 Å². The lowest BCUT2D eigenvalue weighted by Crippen LogP contribution is -1.99. The average Bonchev–Trinajstić information content (AvgIpc) is 2.36. The molecule has 0 aromatic heterocycles. The second-order valence-electron chi connectivity index (χ2n) is 3.90. The minimum Gasteiger partial charge on any atom is -0.475 e. The average molecular weight is 245 g/mol. The molecule has 4 heteroatoms. The molecule has 0 amide bonds. The van der Waals surface area contributed by atoms with Crippen molar-refractivity contribution in [2.24, 2.45) is 0 Å². The Morgan fingerprint density at radius 2 is 2.11 bits per heavy atom. The molecule has 1 aromatic rings. The molecule has 0 saturated carbocycles. The zero-order valence-electron chi connectivity index (χ0n) is 10.7. The number of nitrogens with zero attached hydrogens (tertiary/aromatic N) is 2. The number of allylic oxidation sites excluding steroid dienone is 2. The number of benzene rings is 1. The molecule has 0 aliphatic heterocycles. The van der Waals surface area contributed by atoms with Gasteiger partial charge in [-0.05, 0) is 25.0 Å². The summed E-state index contributed by atoms with van der Waals surface area (Å²) in [6.07, 6.45) is 0.283. The summed E-state index contributed by atoms with van der Waals surface area (Å²) in [6.45, 7) is 7.86. The van der Waals surface area contributed by atoms with E-state index in [4.69, 9.17) is 10.1 Å². The van der Waals surface area contributed by atoms with Crippen molar-refractivity contribution in [2.45, 2.75) is 20.3 Å². The molecule has 0 unspecified atom stereocenters. The predicted molar refractivity (Wildman–Crippen MR) is 71.2 cm³/mol. The highest BCUT2D eigenvalue weighted by atomic mass is 16.6. The van der Waals surface area contributed by atoms with Crippen LogP contribution in [0.15, 0.2) is 42.5 Å². The van der Waals surface area contributed by atoms with Crippen LogP contribution in [-0.2, 0) is 11.2 Å². The molecule has 0 aliphatic rings. The van der Waals surface area contributed by atoms with E-state index in [2.05, 4.69) is 11.6 Å². The van der Waals surface area contributed by atoms with Gasteiger partial charge in [0.1, 0.15) is 0 Å². The van der Waals surface area contributed by atoms with Crippen LogP contribution in [0, 0.1) is 5.39 Å². The molecule has 0 radical (unpaired) electrons. The Labute approximate surface area is 107 Å². The summed E-state index contributed by atoms with van der Waals surface area (Å²) in [7, 11) is 0. The largest absolute Gasteiger partial charge is 0.475 e. The van der Waals surface area contributed by atoms with Gasteiger partial charge in [0.25, 0.3) is 0 Å². The molecule has 18 heavy (non-hydrogen) atoms. The maximum Gasteiger partial charge on any atom is 0.444 e. The van der Waals surface area contributed by atoms with Gasteiger partial charge < -0.3 is 9.84 Å². The summed E-state index contributed by atoms with van der Waals surface area (Å²) in [6, 6.07) is 7.63. The van der Waals surface area contributed by atoms with Gasteiger partial charge in [-0.2, -0.15) is 0 Å². The first-order valence-corrected chi connectivity index (χ1v) is 5.74. The predicted octanol–water partition coefficient (Wildman–Crippen LogP) is 3.88. The van der Waals surface area contributed by atoms with Gasteiger partial charge in [0.15, 0.2) is 4.98 Å². The molecule has 1 N–H and O–H groups in total. The van der Waals surface area contributed by atoms with Crippen molar-refractivity contribution in [3.8, 4) is 0 Å². The van der Waals surface area contributed by atoms with E-state index < -0.39 is 0 Å². The molecule has 94 valence electrons. The summed E-state index contributed by atoms with van der Waals surface area (Å²) in [5.74, 6) is -0.350.